The zero-order valence-electron chi connectivity index (χ0n) is 9.39. The maximum absolute atomic E-state index is 2.52. The van der Waals surface area contributed by atoms with Gasteiger partial charge in [-0.25, -0.2) is 0 Å². The van der Waals surface area contributed by atoms with Gasteiger partial charge in [0.2, 0.25) is 0 Å². The Morgan fingerprint density at radius 3 is 2.50 bits per heavy atom. The molecule has 1 aliphatic rings. The van der Waals surface area contributed by atoms with Gasteiger partial charge in [-0.15, -0.1) is 0 Å². The second-order valence-corrected chi connectivity index (χ2v) is 14.3. The van der Waals surface area contributed by atoms with Gasteiger partial charge in [0.15, 0.2) is 0 Å². The summed E-state index contributed by atoms with van der Waals surface area (Å²) < 4.78 is 5.89. The molecule has 0 saturated carbocycles. The Hall–Kier alpha value is -0.170. The molecule has 0 N–H and O–H groups in total. The first-order valence-corrected chi connectivity index (χ1v) is 14.4. The van der Waals surface area contributed by atoms with Gasteiger partial charge in [0.25, 0.3) is 0 Å². The minimum atomic E-state index is -1.31. The van der Waals surface area contributed by atoms with Crippen LogP contribution in [0.2, 0.25) is 9.36 Å². The molecule has 1 atom stereocenters. The summed E-state index contributed by atoms with van der Waals surface area (Å²) in [5.41, 5.74) is 6.19. The monoisotopic (exact) mass is 353 g/mol. The normalized spacial score (nSPS) is 19.1. The number of rotatable bonds is 1. The summed E-state index contributed by atoms with van der Waals surface area (Å²) in [5, 5.41) is 0. The molecule has 0 radical (unpaired) electrons. The average Bonchev–Trinajstić information content (AvgIpc) is 2.42. The van der Waals surface area contributed by atoms with E-state index in [9.17, 15) is 0 Å². The van der Waals surface area contributed by atoms with E-state index in [0.29, 0.717) is 0 Å². The van der Waals surface area contributed by atoms with Gasteiger partial charge in [-0.2, -0.15) is 0 Å². The molecule has 1 aromatic carbocycles. The van der Waals surface area contributed by atoms with Gasteiger partial charge in [-0.3, -0.25) is 0 Å². The van der Waals surface area contributed by atoms with E-state index in [1.807, 2.05) is 0 Å². The topological polar surface area (TPSA) is 0 Å². The van der Waals surface area contributed by atoms with Crippen LogP contribution in [0.15, 0.2) is 23.8 Å². The maximum atomic E-state index is 2.52. The SMILES string of the molecule is CC1=Cc2c(C)cccc2[CH]1[Hf]([CH3])[CH3]. The second-order valence-electron chi connectivity index (χ2n) is 4.48. The first-order valence-electron chi connectivity index (χ1n) is 5.19. The predicted octanol–water partition coefficient (Wildman–Crippen LogP) is 4.17. The van der Waals surface area contributed by atoms with E-state index in [1.165, 1.54) is 11.1 Å². The van der Waals surface area contributed by atoms with E-state index < -0.39 is 21.4 Å². The van der Waals surface area contributed by atoms with Crippen LogP contribution >= 0.6 is 0 Å². The molecule has 0 spiro atoms. The molecule has 1 unspecified atom stereocenters. The average molecular weight is 352 g/mol. The van der Waals surface area contributed by atoms with Crippen molar-refractivity contribution in [2.45, 2.75) is 26.9 Å². The molecule has 0 aliphatic heterocycles. The van der Waals surface area contributed by atoms with E-state index in [1.54, 1.807) is 11.1 Å². The molecule has 0 saturated heterocycles. The Bertz CT molecular complexity index is 388. The van der Waals surface area contributed by atoms with Gasteiger partial charge < -0.3 is 0 Å². The fourth-order valence-corrected chi connectivity index (χ4v) is 9.19. The summed E-state index contributed by atoms with van der Waals surface area (Å²) in [5.74, 6) is 0. The van der Waals surface area contributed by atoms with E-state index in [2.05, 4.69) is 47.5 Å². The van der Waals surface area contributed by atoms with E-state index in [-0.39, 0.29) is 0 Å². The zero-order valence-corrected chi connectivity index (χ0v) is 13.0. The van der Waals surface area contributed by atoms with Crippen molar-refractivity contribution in [3.8, 4) is 0 Å². The van der Waals surface area contributed by atoms with Crippen LogP contribution in [0.1, 0.15) is 27.3 Å². The van der Waals surface area contributed by atoms with Gasteiger partial charge in [0.05, 0.1) is 0 Å². The number of aryl methyl sites for hydroxylation is 1. The number of hydrogen-bond donors (Lipinski definition) is 0. The minimum absolute atomic E-state index is 0.856. The Labute approximate surface area is 94.6 Å². The molecule has 0 fully saturated rings. The van der Waals surface area contributed by atoms with E-state index in [4.69, 9.17) is 0 Å². The van der Waals surface area contributed by atoms with Gasteiger partial charge >= 0.3 is 94.9 Å². The van der Waals surface area contributed by atoms with Crippen LogP contribution in [0.4, 0.5) is 0 Å². The van der Waals surface area contributed by atoms with Crippen LogP contribution in [0.5, 0.6) is 0 Å². The first kappa shape index (κ1) is 10.4. The van der Waals surface area contributed by atoms with Crippen molar-refractivity contribution in [2.75, 3.05) is 0 Å². The van der Waals surface area contributed by atoms with Crippen LogP contribution in [-0.4, -0.2) is 0 Å². The van der Waals surface area contributed by atoms with Crippen molar-refractivity contribution in [2.24, 2.45) is 0 Å². The quantitative estimate of drug-likeness (QED) is 0.666. The van der Waals surface area contributed by atoms with Crippen LogP contribution in [0, 0.1) is 6.92 Å². The molecule has 1 heteroatoms. The molecular weight excluding hydrogens is 335 g/mol. The molecule has 0 aromatic heterocycles. The number of hydrogen-bond acceptors (Lipinski definition) is 0. The van der Waals surface area contributed by atoms with Crippen molar-refractivity contribution >= 4 is 6.08 Å². The molecule has 73 valence electrons. The summed E-state index contributed by atoms with van der Waals surface area (Å²) >= 11 is -1.31. The van der Waals surface area contributed by atoms with E-state index in [0.717, 1.165) is 3.67 Å². The molecule has 0 heterocycles. The fraction of sp³-hybridized carbons (Fsp3) is 0.385. The standard InChI is InChI=1S/C11H11.2CH3.Hf/c1-8-6-10-5-3-4-9(2)11(10)7-8;;;/h3-7H,1-2H3;2*1H3;. The molecular formula is C13H17Hf. The molecule has 0 amide bonds. The fourth-order valence-electron chi connectivity index (χ4n) is 2.47. The molecule has 1 aromatic rings. The van der Waals surface area contributed by atoms with Crippen LogP contribution < -0.4 is 0 Å². The third kappa shape index (κ3) is 1.56. The number of allylic oxidation sites excluding steroid dienone is 1. The first-order chi connectivity index (χ1) is 6.61. The molecule has 2 rings (SSSR count). The summed E-state index contributed by atoms with van der Waals surface area (Å²) in [6.45, 7) is 4.53. The third-order valence-corrected chi connectivity index (χ3v) is 9.98. The summed E-state index contributed by atoms with van der Waals surface area (Å²) in [7, 11) is 0. The second kappa shape index (κ2) is 3.77. The van der Waals surface area contributed by atoms with Crippen molar-refractivity contribution in [3.63, 3.8) is 0 Å². The Kier molecular flexibility index (Phi) is 2.79. The zero-order chi connectivity index (χ0) is 10.3. The van der Waals surface area contributed by atoms with Crippen LogP contribution in [-0.2, 0) is 21.4 Å². The Morgan fingerprint density at radius 1 is 1.14 bits per heavy atom. The molecule has 0 nitrogen and oxygen atoms in total. The predicted molar refractivity (Wildman–Crippen MR) is 59.3 cm³/mol. The van der Waals surface area contributed by atoms with Gasteiger partial charge in [-0.05, 0) is 0 Å². The van der Waals surface area contributed by atoms with Gasteiger partial charge in [0.1, 0.15) is 0 Å². The molecule has 0 bridgehead atoms. The van der Waals surface area contributed by atoms with Crippen LogP contribution in [0.25, 0.3) is 6.08 Å². The van der Waals surface area contributed by atoms with Crippen molar-refractivity contribution in [3.05, 3.63) is 40.5 Å². The van der Waals surface area contributed by atoms with Crippen molar-refractivity contribution in [1.82, 2.24) is 0 Å². The summed E-state index contributed by atoms with van der Waals surface area (Å²) in [6.07, 6.45) is 2.41. The van der Waals surface area contributed by atoms with Gasteiger partial charge in [-0.1, -0.05) is 0 Å². The molecule has 1 aliphatic carbocycles. The number of benzene rings is 1. The Morgan fingerprint density at radius 2 is 1.86 bits per heavy atom. The third-order valence-electron chi connectivity index (χ3n) is 3.07. The molecule has 14 heavy (non-hydrogen) atoms. The van der Waals surface area contributed by atoms with Gasteiger partial charge in [0, 0.05) is 0 Å². The summed E-state index contributed by atoms with van der Waals surface area (Å²) in [6, 6.07) is 6.77. The van der Waals surface area contributed by atoms with E-state index >= 15 is 0 Å². The summed E-state index contributed by atoms with van der Waals surface area (Å²) in [4.78, 5) is 0. The Balaban J connectivity index is 2.55. The van der Waals surface area contributed by atoms with Crippen LogP contribution in [0.3, 0.4) is 0 Å². The number of fused-ring (bicyclic) bond motifs is 1. The van der Waals surface area contributed by atoms with Crippen molar-refractivity contribution in [1.29, 1.82) is 0 Å². The van der Waals surface area contributed by atoms with Crippen molar-refractivity contribution < 1.29 is 21.4 Å².